The molecule has 28 heavy (non-hydrogen) atoms. The van der Waals surface area contributed by atoms with Crippen molar-refractivity contribution in [3.63, 3.8) is 0 Å². The fourth-order valence-corrected chi connectivity index (χ4v) is 2.97. The molecule has 0 amide bonds. The number of ether oxygens (including phenoxy) is 2. The summed E-state index contributed by atoms with van der Waals surface area (Å²) in [7, 11) is 5.29. The first-order valence-electron chi connectivity index (χ1n) is 9.20. The minimum Gasteiger partial charge on any atom is -0.493 e. The van der Waals surface area contributed by atoms with Crippen molar-refractivity contribution in [1.82, 2.24) is 9.97 Å². The molecule has 146 valence electrons. The summed E-state index contributed by atoms with van der Waals surface area (Å²) in [6.45, 7) is 2.66. The zero-order valence-corrected chi connectivity index (χ0v) is 16.8. The van der Waals surface area contributed by atoms with E-state index < -0.39 is 0 Å². The van der Waals surface area contributed by atoms with E-state index in [0.29, 0.717) is 0 Å². The minimum atomic E-state index is 0.730. The standard InChI is InChI=1S/C22H26N4O2/c1-16-24-21(15-22(25-16)26(2)18-8-6-5-7-9-18)23-13-12-17-10-11-19(27-3)20(14-17)28-4/h5-11,14-15H,12-13H2,1-4H3,(H,23,24,25). The van der Waals surface area contributed by atoms with Gasteiger partial charge in [-0.25, -0.2) is 9.97 Å². The average molecular weight is 378 g/mol. The molecule has 2 aromatic carbocycles. The van der Waals surface area contributed by atoms with Crippen LogP contribution >= 0.6 is 0 Å². The molecule has 1 N–H and O–H groups in total. The molecule has 3 aromatic rings. The van der Waals surface area contributed by atoms with Gasteiger partial charge in [0.25, 0.3) is 0 Å². The van der Waals surface area contributed by atoms with Crippen LogP contribution < -0.4 is 19.7 Å². The number of anilines is 3. The first-order valence-corrected chi connectivity index (χ1v) is 9.20. The second kappa shape index (κ2) is 9.08. The van der Waals surface area contributed by atoms with Crippen LogP contribution in [0.15, 0.2) is 54.6 Å². The molecule has 0 aliphatic rings. The van der Waals surface area contributed by atoms with Crippen LogP contribution in [0.5, 0.6) is 11.5 Å². The topological polar surface area (TPSA) is 59.5 Å². The Morgan fingerprint density at radius 2 is 1.68 bits per heavy atom. The Labute approximate surface area is 166 Å². The van der Waals surface area contributed by atoms with Gasteiger partial charge in [0.15, 0.2) is 11.5 Å². The van der Waals surface area contributed by atoms with E-state index >= 15 is 0 Å². The number of rotatable bonds is 8. The summed E-state index contributed by atoms with van der Waals surface area (Å²) < 4.78 is 10.7. The van der Waals surface area contributed by atoms with Gasteiger partial charge in [-0.3, -0.25) is 0 Å². The van der Waals surface area contributed by atoms with Crippen LogP contribution in [0, 0.1) is 6.92 Å². The molecule has 1 heterocycles. The number of aryl methyl sites for hydroxylation is 1. The Morgan fingerprint density at radius 3 is 2.39 bits per heavy atom. The molecule has 0 atom stereocenters. The van der Waals surface area contributed by atoms with Gasteiger partial charge in [-0.15, -0.1) is 0 Å². The number of para-hydroxylation sites is 1. The third-order valence-corrected chi connectivity index (χ3v) is 4.48. The maximum atomic E-state index is 5.37. The number of aromatic nitrogens is 2. The molecule has 0 bridgehead atoms. The maximum Gasteiger partial charge on any atom is 0.160 e. The van der Waals surface area contributed by atoms with Gasteiger partial charge in [0, 0.05) is 25.3 Å². The molecule has 0 unspecified atom stereocenters. The molecule has 0 aliphatic carbocycles. The number of methoxy groups -OCH3 is 2. The normalized spacial score (nSPS) is 10.4. The highest BCUT2D eigenvalue weighted by molar-refractivity contribution is 5.61. The Morgan fingerprint density at radius 1 is 0.929 bits per heavy atom. The van der Waals surface area contributed by atoms with Crippen molar-refractivity contribution in [3.05, 3.63) is 66.0 Å². The molecular weight excluding hydrogens is 352 g/mol. The fraction of sp³-hybridized carbons (Fsp3) is 0.273. The number of hydrogen-bond donors (Lipinski definition) is 1. The third-order valence-electron chi connectivity index (χ3n) is 4.48. The van der Waals surface area contributed by atoms with E-state index in [1.165, 1.54) is 0 Å². The zero-order valence-electron chi connectivity index (χ0n) is 16.8. The number of benzene rings is 2. The van der Waals surface area contributed by atoms with Crippen molar-refractivity contribution in [2.75, 3.05) is 38.0 Å². The van der Waals surface area contributed by atoms with Crippen LogP contribution in [-0.4, -0.2) is 37.8 Å². The van der Waals surface area contributed by atoms with Gasteiger partial charge in [0.2, 0.25) is 0 Å². The lowest BCUT2D eigenvalue weighted by atomic mass is 10.1. The van der Waals surface area contributed by atoms with Crippen LogP contribution in [0.25, 0.3) is 0 Å². The predicted octanol–water partition coefficient (Wildman–Crippen LogP) is 4.22. The minimum absolute atomic E-state index is 0.730. The van der Waals surface area contributed by atoms with Gasteiger partial charge in [-0.2, -0.15) is 0 Å². The zero-order chi connectivity index (χ0) is 19.9. The van der Waals surface area contributed by atoms with E-state index in [4.69, 9.17) is 9.47 Å². The highest BCUT2D eigenvalue weighted by Gasteiger charge is 2.09. The Hall–Kier alpha value is -3.28. The van der Waals surface area contributed by atoms with Crippen molar-refractivity contribution in [2.45, 2.75) is 13.3 Å². The summed E-state index contributed by atoms with van der Waals surface area (Å²) in [4.78, 5) is 11.1. The highest BCUT2D eigenvalue weighted by Crippen LogP contribution is 2.28. The lowest BCUT2D eigenvalue weighted by Gasteiger charge is -2.19. The van der Waals surface area contributed by atoms with Crippen molar-refractivity contribution < 1.29 is 9.47 Å². The second-order valence-corrected chi connectivity index (χ2v) is 6.42. The monoisotopic (exact) mass is 378 g/mol. The average Bonchev–Trinajstić information content (AvgIpc) is 2.73. The first kappa shape index (κ1) is 19.5. The third kappa shape index (κ3) is 4.71. The quantitative estimate of drug-likeness (QED) is 0.633. The molecule has 0 radical (unpaired) electrons. The molecule has 0 spiro atoms. The molecule has 6 heteroatoms. The van der Waals surface area contributed by atoms with Crippen LogP contribution in [0.1, 0.15) is 11.4 Å². The number of nitrogens with zero attached hydrogens (tertiary/aromatic N) is 3. The van der Waals surface area contributed by atoms with Crippen molar-refractivity contribution in [1.29, 1.82) is 0 Å². The molecule has 0 saturated carbocycles. The van der Waals surface area contributed by atoms with Crippen molar-refractivity contribution >= 4 is 17.3 Å². The van der Waals surface area contributed by atoms with Gasteiger partial charge < -0.3 is 19.7 Å². The highest BCUT2D eigenvalue weighted by atomic mass is 16.5. The van der Waals surface area contributed by atoms with Crippen LogP contribution in [0.4, 0.5) is 17.3 Å². The lowest BCUT2D eigenvalue weighted by molar-refractivity contribution is 0.354. The van der Waals surface area contributed by atoms with Crippen LogP contribution in [0.2, 0.25) is 0 Å². The van der Waals surface area contributed by atoms with Gasteiger partial charge in [0.1, 0.15) is 17.5 Å². The van der Waals surface area contributed by atoms with Crippen molar-refractivity contribution in [3.8, 4) is 11.5 Å². The maximum absolute atomic E-state index is 5.37. The summed E-state index contributed by atoms with van der Waals surface area (Å²) in [5.41, 5.74) is 2.24. The van der Waals surface area contributed by atoms with Crippen molar-refractivity contribution in [2.24, 2.45) is 0 Å². The summed E-state index contributed by atoms with van der Waals surface area (Å²) in [5.74, 6) is 3.87. The van der Waals surface area contributed by atoms with E-state index in [0.717, 1.165) is 53.2 Å². The largest absolute Gasteiger partial charge is 0.493 e. The van der Waals surface area contributed by atoms with E-state index in [2.05, 4.69) is 27.4 Å². The van der Waals surface area contributed by atoms with E-state index in [-0.39, 0.29) is 0 Å². The smallest absolute Gasteiger partial charge is 0.160 e. The Kier molecular flexibility index (Phi) is 6.32. The summed E-state index contributed by atoms with van der Waals surface area (Å²) in [6, 6.07) is 18.1. The first-order chi connectivity index (χ1) is 13.6. The molecule has 0 saturated heterocycles. The van der Waals surface area contributed by atoms with Gasteiger partial charge >= 0.3 is 0 Å². The molecular formula is C22H26N4O2. The summed E-state index contributed by atoms with van der Waals surface area (Å²) in [6.07, 6.45) is 0.841. The van der Waals surface area contributed by atoms with Crippen LogP contribution in [-0.2, 0) is 6.42 Å². The van der Waals surface area contributed by atoms with Gasteiger partial charge in [-0.1, -0.05) is 24.3 Å². The number of hydrogen-bond acceptors (Lipinski definition) is 6. The number of nitrogens with one attached hydrogen (secondary N) is 1. The predicted molar refractivity (Wildman–Crippen MR) is 113 cm³/mol. The second-order valence-electron chi connectivity index (χ2n) is 6.42. The molecule has 0 aliphatic heterocycles. The SMILES string of the molecule is COc1ccc(CCNc2cc(N(C)c3ccccc3)nc(C)n2)cc1OC. The fourth-order valence-electron chi connectivity index (χ4n) is 2.97. The molecule has 0 fully saturated rings. The molecule has 1 aromatic heterocycles. The van der Waals surface area contributed by atoms with E-state index in [1.54, 1.807) is 14.2 Å². The van der Waals surface area contributed by atoms with E-state index in [9.17, 15) is 0 Å². The summed E-state index contributed by atoms with van der Waals surface area (Å²) in [5, 5.41) is 3.40. The molecule has 6 nitrogen and oxygen atoms in total. The lowest BCUT2D eigenvalue weighted by Crippen LogP contribution is -2.14. The van der Waals surface area contributed by atoms with E-state index in [1.807, 2.05) is 61.3 Å². The van der Waals surface area contributed by atoms with Gasteiger partial charge in [0.05, 0.1) is 14.2 Å². The van der Waals surface area contributed by atoms with Gasteiger partial charge in [-0.05, 0) is 43.2 Å². The molecule has 3 rings (SSSR count). The Balaban J connectivity index is 1.67. The van der Waals surface area contributed by atoms with Crippen LogP contribution in [0.3, 0.4) is 0 Å². The Bertz CT molecular complexity index is 916. The summed E-state index contributed by atoms with van der Waals surface area (Å²) >= 11 is 0.